The van der Waals surface area contributed by atoms with Crippen LogP contribution in [-0.4, -0.2) is 74.8 Å². The van der Waals surface area contributed by atoms with E-state index in [-0.39, 0.29) is 10.8 Å². The van der Waals surface area contributed by atoms with E-state index in [1.165, 1.54) is 22.5 Å². The van der Waals surface area contributed by atoms with Crippen molar-refractivity contribution in [2.45, 2.75) is 83.0 Å². The summed E-state index contributed by atoms with van der Waals surface area (Å²) in [7, 11) is 7.05. The minimum Gasteiger partial charge on any atom is -0.385 e. The molecule has 8 bridgehead atoms. The lowest BCUT2D eigenvalue weighted by Gasteiger charge is -2.23. The van der Waals surface area contributed by atoms with Gasteiger partial charge in [-0.3, -0.25) is 9.97 Å². The van der Waals surface area contributed by atoms with Gasteiger partial charge in [-0.1, -0.05) is 33.8 Å². The zero-order chi connectivity index (χ0) is 32.9. The Kier molecular flexibility index (Phi) is 11.0. The summed E-state index contributed by atoms with van der Waals surface area (Å²) < 4.78 is 22.0. The molecule has 0 fully saturated rings. The highest BCUT2D eigenvalue weighted by Crippen LogP contribution is 2.39. The third kappa shape index (κ3) is 7.91. The summed E-state index contributed by atoms with van der Waals surface area (Å²) in [6.45, 7) is 11.8. The highest BCUT2D eigenvalue weighted by Gasteiger charge is 2.34. The Balaban J connectivity index is 1.75. The summed E-state index contributed by atoms with van der Waals surface area (Å²) in [6, 6.07) is 11.3. The van der Waals surface area contributed by atoms with Crippen molar-refractivity contribution in [3.8, 4) is 0 Å². The average Bonchev–Trinajstić information content (AvgIpc) is 3.73. The Morgan fingerprint density at radius 1 is 0.826 bits per heavy atom. The van der Waals surface area contributed by atoms with E-state index in [9.17, 15) is 0 Å². The minimum atomic E-state index is -0.102. The van der Waals surface area contributed by atoms with Crippen molar-refractivity contribution >= 4 is 16.6 Å². The van der Waals surface area contributed by atoms with Crippen LogP contribution in [0.15, 0.2) is 36.4 Å². The number of methoxy groups -OCH3 is 4. The lowest BCUT2D eigenvalue weighted by Crippen LogP contribution is -2.18. The molecule has 2 aromatic heterocycles. The van der Waals surface area contributed by atoms with E-state index in [0.29, 0.717) is 25.0 Å². The van der Waals surface area contributed by atoms with Crippen LogP contribution >= 0.6 is 0 Å². The molecule has 0 radical (unpaired) electrons. The van der Waals surface area contributed by atoms with Crippen LogP contribution < -0.4 is 0 Å². The van der Waals surface area contributed by atoms with Gasteiger partial charge in [0, 0.05) is 116 Å². The zero-order valence-electron chi connectivity index (χ0n) is 29.2. The van der Waals surface area contributed by atoms with Gasteiger partial charge in [-0.2, -0.15) is 0 Å². The smallest absolute Gasteiger partial charge is 0.0649 e. The third-order valence-electron chi connectivity index (χ3n) is 9.80. The van der Waals surface area contributed by atoms with E-state index in [0.717, 1.165) is 85.5 Å². The van der Waals surface area contributed by atoms with Gasteiger partial charge in [0.25, 0.3) is 0 Å². The van der Waals surface area contributed by atoms with Crippen LogP contribution in [0.2, 0.25) is 0 Å². The zero-order valence-corrected chi connectivity index (χ0v) is 29.2. The largest absolute Gasteiger partial charge is 0.385 e. The number of H-pyrrole nitrogens is 2. The SMILES string of the molecule is COC/C=C(\CCOC)c1cc2cc3nc(cc4nc(cc5[nH]c(cc1[nH]2)C(C)(C)C5)CC4C(CCOC)CCOC)C(C)(C)C3. The van der Waals surface area contributed by atoms with Crippen LogP contribution in [0.4, 0.5) is 0 Å². The van der Waals surface area contributed by atoms with Gasteiger partial charge in [0.05, 0.1) is 13.2 Å². The first-order valence-corrected chi connectivity index (χ1v) is 16.7. The minimum absolute atomic E-state index is 0.0608. The molecule has 2 aromatic rings. The van der Waals surface area contributed by atoms with Gasteiger partial charge in [0.15, 0.2) is 0 Å². The number of hydrogen-bond acceptors (Lipinski definition) is 6. The fourth-order valence-electron chi connectivity index (χ4n) is 7.18. The molecule has 1 unspecified atom stereocenters. The molecule has 0 aliphatic carbocycles. The van der Waals surface area contributed by atoms with Crippen molar-refractivity contribution in [2.24, 2.45) is 5.92 Å². The van der Waals surface area contributed by atoms with Gasteiger partial charge in [-0.05, 0) is 73.9 Å². The van der Waals surface area contributed by atoms with Crippen molar-refractivity contribution in [3.63, 3.8) is 0 Å². The monoisotopic (exact) mass is 630 g/mol. The molecule has 8 nitrogen and oxygen atoms in total. The summed E-state index contributed by atoms with van der Waals surface area (Å²) in [4.78, 5) is 18.1. The standard InChI is InChI=1S/C38H54N4O4/c1-37(2)23-29-17-27-19-32(26(11-15-45-7)12-16-46-8)34(40-27)22-36-38(3,4)24-30(42-36)18-28-20-31(33(39-28)21-35(37)41-29)25(9-13-43-5)10-14-44-6/h9,17-18,20-22,26,32,39,41H,10-16,19,23-24H2,1-8H3/b25-9+,29-17?,30-18?,34-22?,35-21?. The molecule has 3 aliphatic rings. The fraction of sp³-hybridized carbons (Fsp3) is 0.579. The molecule has 5 heterocycles. The third-order valence-corrected chi connectivity index (χ3v) is 9.80. The molecule has 0 saturated carbocycles. The van der Waals surface area contributed by atoms with Gasteiger partial charge in [0.2, 0.25) is 0 Å². The highest BCUT2D eigenvalue weighted by molar-refractivity contribution is 5.83. The van der Waals surface area contributed by atoms with E-state index in [1.54, 1.807) is 28.4 Å². The van der Waals surface area contributed by atoms with Gasteiger partial charge >= 0.3 is 0 Å². The van der Waals surface area contributed by atoms with E-state index >= 15 is 0 Å². The summed E-state index contributed by atoms with van der Waals surface area (Å²) in [5, 5.41) is 0. The van der Waals surface area contributed by atoms with Crippen molar-refractivity contribution in [1.29, 1.82) is 0 Å². The van der Waals surface area contributed by atoms with E-state index in [1.807, 2.05) is 0 Å². The van der Waals surface area contributed by atoms with Gasteiger partial charge < -0.3 is 28.9 Å². The Labute approximate surface area is 275 Å². The maximum absolute atomic E-state index is 5.54. The van der Waals surface area contributed by atoms with Gasteiger partial charge in [-0.25, -0.2) is 0 Å². The second-order valence-corrected chi connectivity index (χ2v) is 14.4. The van der Waals surface area contributed by atoms with Crippen LogP contribution in [0.5, 0.6) is 0 Å². The molecule has 1 atom stereocenters. The second kappa shape index (κ2) is 14.8. The number of aromatic amines is 2. The Hall–Kier alpha value is -3.04. The summed E-state index contributed by atoms with van der Waals surface area (Å²) in [6.07, 6.45) is 7.60. The van der Waals surface area contributed by atoms with Gasteiger partial charge in [0.1, 0.15) is 0 Å². The summed E-state index contributed by atoms with van der Waals surface area (Å²) in [5.41, 5.74) is 11.2. The molecule has 46 heavy (non-hydrogen) atoms. The highest BCUT2D eigenvalue weighted by atomic mass is 16.5. The van der Waals surface area contributed by atoms with Crippen molar-refractivity contribution in [3.05, 3.63) is 76.1 Å². The molecule has 250 valence electrons. The van der Waals surface area contributed by atoms with Crippen LogP contribution in [0.3, 0.4) is 0 Å². The molecule has 5 rings (SSSR count). The molecule has 8 heteroatoms. The molecule has 0 amide bonds. The Morgan fingerprint density at radius 2 is 1.57 bits per heavy atom. The number of aromatic nitrogens is 4. The summed E-state index contributed by atoms with van der Waals surface area (Å²) in [5.74, 6) is 0.701. The molecular weight excluding hydrogens is 576 g/mol. The lowest BCUT2D eigenvalue weighted by atomic mass is 9.81. The van der Waals surface area contributed by atoms with Crippen LogP contribution in [0, 0.1) is 5.92 Å². The number of nitrogens with zero attached hydrogens (tertiary/aromatic N) is 2. The van der Waals surface area contributed by atoms with E-state index in [4.69, 9.17) is 28.9 Å². The molecule has 0 spiro atoms. The average molecular weight is 631 g/mol. The van der Waals surface area contributed by atoms with Crippen molar-refractivity contribution < 1.29 is 18.9 Å². The molecular formula is C38H54N4O4. The fourth-order valence-corrected chi connectivity index (χ4v) is 7.18. The number of ether oxygens (including phenoxy) is 4. The molecule has 0 aromatic carbocycles. The predicted molar refractivity (Wildman–Crippen MR) is 185 cm³/mol. The number of nitrogens with one attached hydrogen (secondary N) is 2. The number of hydrogen-bond donors (Lipinski definition) is 2. The van der Waals surface area contributed by atoms with Crippen LogP contribution in [0.25, 0.3) is 16.6 Å². The van der Waals surface area contributed by atoms with Gasteiger partial charge in [-0.15, -0.1) is 0 Å². The van der Waals surface area contributed by atoms with E-state index < -0.39 is 0 Å². The van der Waals surface area contributed by atoms with Crippen LogP contribution in [0.1, 0.15) is 92.6 Å². The molecule has 0 saturated heterocycles. The molecule has 3 aliphatic heterocycles. The normalized spacial score (nSPS) is 18.3. The lowest BCUT2D eigenvalue weighted by molar-refractivity contribution is 0.137. The first-order chi connectivity index (χ1) is 22.1. The quantitative estimate of drug-likeness (QED) is 0.244. The first kappa shape index (κ1) is 34.3. The van der Waals surface area contributed by atoms with E-state index in [2.05, 4.69) is 74.1 Å². The molecule has 2 N–H and O–H groups in total. The number of fused-ring (bicyclic) bond motifs is 8. The predicted octanol–water partition coefficient (Wildman–Crippen LogP) is 7.16. The Bertz CT molecular complexity index is 1570. The van der Waals surface area contributed by atoms with Crippen molar-refractivity contribution in [2.75, 3.05) is 54.9 Å². The Morgan fingerprint density at radius 3 is 2.26 bits per heavy atom. The van der Waals surface area contributed by atoms with Crippen molar-refractivity contribution in [1.82, 2.24) is 19.9 Å². The summed E-state index contributed by atoms with van der Waals surface area (Å²) >= 11 is 0. The first-order valence-electron chi connectivity index (χ1n) is 16.7. The topological polar surface area (TPSA) is 94.3 Å². The maximum Gasteiger partial charge on any atom is 0.0649 e. The maximum atomic E-state index is 5.54. The second-order valence-electron chi connectivity index (χ2n) is 14.4. The van der Waals surface area contributed by atoms with Crippen LogP contribution in [-0.2, 0) is 49.0 Å². The number of rotatable bonds is 13.